The van der Waals surface area contributed by atoms with Crippen molar-refractivity contribution >= 4 is 5.97 Å². The molecule has 0 atom stereocenters. The van der Waals surface area contributed by atoms with E-state index in [2.05, 4.69) is 19.2 Å². The van der Waals surface area contributed by atoms with Gasteiger partial charge in [-0.25, -0.2) is 0 Å². The van der Waals surface area contributed by atoms with Crippen LogP contribution in [-0.2, 0) is 0 Å². The second-order valence-electron chi connectivity index (χ2n) is 4.73. The van der Waals surface area contributed by atoms with Crippen LogP contribution in [0.4, 0.5) is 0 Å². The van der Waals surface area contributed by atoms with Gasteiger partial charge in [-0.05, 0) is 25.3 Å². The molecule has 3 nitrogen and oxygen atoms in total. The zero-order valence-corrected chi connectivity index (χ0v) is 12.4. The molecule has 2 N–H and O–H groups in total. The molecule has 0 bridgehead atoms. The van der Waals surface area contributed by atoms with Crippen molar-refractivity contribution in [1.29, 1.82) is 0 Å². The number of hydrogen-bond donors (Lipinski definition) is 1. The highest BCUT2D eigenvalue weighted by Crippen LogP contribution is 2.00. The van der Waals surface area contributed by atoms with Crippen LogP contribution in [0.3, 0.4) is 0 Å². The molecule has 3 heteroatoms. The first-order valence-corrected chi connectivity index (χ1v) is 7.21. The summed E-state index contributed by atoms with van der Waals surface area (Å²) < 4.78 is 0. The lowest BCUT2D eigenvalue weighted by molar-refractivity contribution is -0.655. The molecule has 1 aromatic rings. The summed E-state index contributed by atoms with van der Waals surface area (Å²) in [7, 11) is 0. The Labute approximate surface area is 117 Å². The molecule has 0 spiro atoms. The van der Waals surface area contributed by atoms with Gasteiger partial charge in [-0.15, -0.1) is 0 Å². The van der Waals surface area contributed by atoms with Crippen LogP contribution in [0.1, 0.15) is 55.5 Å². The Morgan fingerprint density at radius 1 is 1.05 bits per heavy atom. The molecular weight excluding hydrogens is 238 g/mol. The van der Waals surface area contributed by atoms with Crippen molar-refractivity contribution in [3.05, 3.63) is 35.4 Å². The zero-order chi connectivity index (χ0) is 14.5. The fourth-order valence-electron chi connectivity index (χ4n) is 1.53. The molecule has 1 rings (SSSR count). The van der Waals surface area contributed by atoms with E-state index in [1.54, 1.807) is 12.1 Å². The van der Waals surface area contributed by atoms with Crippen LogP contribution in [0.15, 0.2) is 24.3 Å². The van der Waals surface area contributed by atoms with E-state index in [-0.39, 0.29) is 5.56 Å². The number of hydrogen-bond acceptors (Lipinski definition) is 2. The van der Waals surface area contributed by atoms with Gasteiger partial charge in [0.15, 0.2) is 0 Å². The Morgan fingerprint density at radius 3 is 1.89 bits per heavy atom. The number of carboxylic acids is 1. The average Bonchev–Trinajstić information content (AvgIpc) is 2.40. The van der Waals surface area contributed by atoms with Gasteiger partial charge in [0, 0.05) is 0 Å². The van der Waals surface area contributed by atoms with Crippen LogP contribution in [0, 0.1) is 6.92 Å². The van der Waals surface area contributed by atoms with E-state index in [0.717, 1.165) is 5.56 Å². The van der Waals surface area contributed by atoms with Crippen molar-refractivity contribution in [3.63, 3.8) is 0 Å². The minimum Gasteiger partial charge on any atom is -0.545 e. The third kappa shape index (κ3) is 10.3. The Bertz CT molecular complexity index is 327. The second kappa shape index (κ2) is 11.7. The normalized spacial score (nSPS) is 9.63. The summed E-state index contributed by atoms with van der Waals surface area (Å²) in [6.07, 6.45) is 5.43. The SMILES string of the molecule is CCCC[NH2+]CCCC.Cc1ccc(C(=O)[O-])cc1. The third-order valence-corrected chi connectivity index (χ3v) is 2.81. The molecule has 0 heterocycles. The van der Waals surface area contributed by atoms with Crippen LogP contribution < -0.4 is 10.4 Å². The van der Waals surface area contributed by atoms with Crippen molar-refractivity contribution < 1.29 is 15.2 Å². The zero-order valence-electron chi connectivity index (χ0n) is 12.4. The van der Waals surface area contributed by atoms with Crippen LogP contribution >= 0.6 is 0 Å². The molecule has 1 aromatic carbocycles. The fourth-order valence-corrected chi connectivity index (χ4v) is 1.53. The maximum atomic E-state index is 10.2. The number of unbranched alkanes of at least 4 members (excludes halogenated alkanes) is 2. The Hall–Kier alpha value is -1.35. The molecule has 0 fully saturated rings. The Morgan fingerprint density at radius 2 is 1.53 bits per heavy atom. The van der Waals surface area contributed by atoms with Gasteiger partial charge in [-0.2, -0.15) is 0 Å². The van der Waals surface area contributed by atoms with Crippen LogP contribution in [0.5, 0.6) is 0 Å². The summed E-state index contributed by atoms with van der Waals surface area (Å²) in [5, 5.41) is 12.6. The van der Waals surface area contributed by atoms with Crippen molar-refractivity contribution in [1.82, 2.24) is 0 Å². The summed E-state index contributed by atoms with van der Waals surface area (Å²) in [6.45, 7) is 9.05. The van der Waals surface area contributed by atoms with Crippen LogP contribution in [0.25, 0.3) is 0 Å². The Balaban J connectivity index is 0.000000344. The lowest BCUT2D eigenvalue weighted by atomic mass is 10.2. The van der Waals surface area contributed by atoms with Gasteiger partial charge in [0.25, 0.3) is 0 Å². The summed E-state index contributed by atoms with van der Waals surface area (Å²) in [5.74, 6) is -1.12. The quantitative estimate of drug-likeness (QED) is 0.760. The fraction of sp³-hybridized carbons (Fsp3) is 0.562. The number of aromatic carboxylic acids is 1. The molecular formula is C16H27NO2. The van der Waals surface area contributed by atoms with E-state index in [9.17, 15) is 9.90 Å². The number of benzene rings is 1. The van der Waals surface area contributed by atoms with Crippen molar-refractivity contribution in [3.8, 4) is 0 Å². The van der Waals surface area contributed by atoms with Crippen molar-refractivity contribution in [2.75, 3.05) is 13.1 Å². The highest BCUT2D eigenvalue weighted by Gasteiger charge is 1.89. The number of carboxylic acid groups (broad SMARTS) is 1. The highest BCUT2D eigenvalue weighted by molar-refractivity contribution is 5.85. The summed E-state index contributed by atoms with van der Waals surface area (Å²) >= 11 is 0. The van der Waals surface area contributed by atoms with E-state index >= 15 is 0 Å². The first kappa shape index (κ1) is 17.6. The lowest BCUT2D eigenvalue weighted by Crippen LogP contribution is -2.84. The number of carbonyl (C=O) groups excluding carboxylic acids is 1. The van der Waals surface area contributed by atoms with Gasteiger partial charge in [0.1, 0.15) is 0 Å². The standard InChI is InChI=1S/C8H19N.C8H8O2/c1-3-5-7-9-8-6-4-2;1-6-2-4-7(5-3-6)8(9)10/h9H,3-8H2,1-2H3;2-5H,1H3,(H,9,10). The molecule has 0 aliphatic carbocycles. The molecule has 0 aliphatic heterocycles. The summed E-state index contributed by atoms with van der Waals surface area (Å²) in [6, 6.07) is 6.55. The van der Waals surface area contributed by atoms with Crippen LogP contribution in [0.2, 0.25) is 0 Å². The topological polar surface area (TPSA) is 56.7 Å². The molecule has 0 aliphatic rings. The molecule has 0 aromatic heterocycles. The van der Waals surface area contributed by atoms with Gasteiger partial charge in [-0.1, -0.05) is 56.5 Å². The highest BCUT2D eigenvalue weighted by atomic mass is 16.4. The predicted octanol–water partition coefficient (Wildman–Crippen LogP) is 1.51. The van der Waals surface area contributed by atoms with E-state index in [4.69, 9.17) is 0 Å². The molecule has 19 heavy (non-hydrogen) atoms. The van der Waals surface area contributed by atoms with Crippen molar-refractivity contribution in [2.24, 2.45) is 0 Å². The van der Waals surface area contributed by atoms with Gasteiger partial charge >= 0.3 is 0 Å². The molecule has 0 saturated heterocycles. The molecule has 108 valence electrons. The number of quaternary nitrogens is 1. The maximum Gasteiger partial charge on any atom is 0.0755 e. The minimum atomic E-state index is -1.12. The molecule has 0 saturated carbocycles. The number of carbonyl (C=O) groups is 1. The number of rotatable bonds is 7. The predicted molar refractivity (Wildman–Crippen MR) is 77.0 cm³/mol. The summed E-state index contributed by atoms with van der Waals surface area (Å²) in [5.41, 5.74) is 1.27. The first-order chi connectivity index (χ1) is 9.11. The van der Waals surface area contributed by atoms with E-state index < -0.39 is 5.97 Å². The second-order valence-corrected chi connectivity index (χ2v) is 4.73. The Kier molecular flexibility index (Phi) is 10.9. The monoisotopic (exact) mass is 265 g/mol. The largest absolute Gasteiger partial charge is 0.545 e. The van der Waals surface area contributed by atoms with Gasteiger partial charge in [0.05, 0.1) is 19.1 Å². The number of aryl methyl sites for hydroxylation is 1. The van der Waals surface area contributed by atoms with Gasteiger partial charge < -0.3 is 15.2 Å². The van der Waals surface area contributed by atoms with Crippen molar-refractivity contribution in [2.45, 2.75) is 46.5 Å². The molecule has 0 unspecified atom stereocenters. The average molecular weight is 265 g/mol. The molecule has 0 amide bonds. The van der Waals surface area contributed by atoms with Crippen LogP contribution in [-0.4, -0.2) is 19.1 Å². The van der Waals surface area contributed by atoms with E-state index in [0.29, 0.717) is 0 Å². The van der Waals surface area contributed by atoms with Gasteiger partial charge in [0.2, 0.25) is 0 Å². The van der Waals surface area contributed by atoms with Gasteiger partial charge in [-0.3, -0.25) is 0 Å². The lowest BCUT2D eigenvalue weighted by Gasteiger charge is -2.00. The first-order valence-electron chi connectivity index (χ1n) is 7.21. The maximum absolute atomic E-state index is 10.2. The number of nitrogens with two attached hydrogens (primary N) is 1. The molecule has 0 radical (unpaired) electrons. The summed E-state index contributed by atoms with van der Waals surface area (Å²) in [4.78, 5) is 10.2. The minimum absolute atomic E-state index is 0.227. The smallest absolute Gasteiger partial charge is 0.0755 e. The third-order valence-electron chi connectivity index (χ3n) is 2.81. The van der Waals surface area contributed by atoms with E-state index in [1.807, 2.05) is 6.92 Å². The van der Waals surface area contributed by atoms with E-state index in [1.165, 1.54) is 50.9 Å².